The van der Waals surface area contributed by atoms with Crippen molar-refractivity contribution >= 4 is 11.6 Å². The maximum absolute atomic E-state index is 14.1. The van der Waals surface area contributed by atoms with Crippen LogP contribution in [0.4, 0.5) is 4.39 Å². The molecular formula is C15H19ClFN3. The van der Waals surface area contributed by atoms with Crippen molar-refractivity contribution in [2.75, 3.05) is 6.54 Å². The van der Waals surface area contributed by atoms with E-state index in [4.69, 9.17) is 11.6 Å². The SMILES string of the molecule is Cc1nn(-c2cccc(F)c2CNCC(C)C)cc1Cl. The molecule has 0 unspecified atom stereocenters. The Labute approximate surface area is 123 Å². The van der Waals surface area contributed by atoms with E-state index in [0.29, 0.717) is 23.0 Å². The topological polar surface area (TPSA) is 29.9 Å². The van der Waals surface area contributed by atoms with Gasteiger partial charge in [-0.2, -0.15) is 5.10 Å². The van der Waals surface area contributed by atoms with Crippen molar-refractivity contribution < 1.29 is 4.39 Å². The summed E-state index contributed by atoms with van der Waals surface area (Å²) in [5.41, 5.74) is 2.06. The van der Waals surface area contributed by atoms with Crippen LogP contribution in [0.3, 0.4) is 0 Å². The molecule has 1 heterocycles. The maximum Gasteiger partial charge on any atom is 0.129 e. The molecule has 0 atom stereocenters. The Morgan fingerprint density at radius 3 is 2.75 bits per heavy atom. The fourth-order valence-corrected chi connectivity index (χ4v) is 2.12. The normalized spacial score (nSPS) is 11.3. The molecule has 108 valence electrons. The third-order valence-corrected chi connectivity index (χ3v) is 3.41. The van der Waals surface area contributed by atoms with Gasteiger partial charge in [-0.05, 0) is 31.5 Å². The highest BCUT2D eigenvalue weighted by molar-refractivity contribution is 6.31. The molecule has 5 heteroatoms. The molecule has 1 aromatic heterocycles. The van der Waals surface area contributed by atoms with E-state index in [0.717, 1.165) is 17.9 Å². The highest BCUT2D eigenvalue weighted by Crippen LogP contribution is 2.21. The van der Waals surface area contributed by atoms with E-state index in [9.17, 15) is 4.39 Å². The van der Waals surface area contributed by atoms with E-state index in [2.05, 4.69) is 24.3 Å². The Bertz CT molecular complexity index is 573. The van der Waals surface area contributed by atoms with Crippen LogP contribution in [-0.2, 0) is 6.54 Å². The van der Waals surface area contributed by atoms with Crippen LogP contribution in [0.1, 0.15) is 25.1 Å². The lowest BCUT2D eigenvalue weighted by atomic mass is 10.1. The van der Waals surface area contributed by atoms with Crippen LogP contribution in [0.25, 0.3) is 5.69 Å². The van der Waals surface area contributed by atoms with E-state index in [1.165, 1.54) is 6.07 Å². The minimum absolute atomic E-state index is 0.233. The van der Waals surface area contributed by atoms with Gasteiger partial charge in [0.25, 0.3) is 0 Å². The summed E-state index contributed by atoms with van der Waals surface area (Å²) in [7, 11) is 0. The Morgan fingerprint density at radius 1 is 1.40 bits per heavy atom. The van der Waals surface area contributed by atoms with Crippen molar-refractivity contribution in [1.82, 2.24) is 15.1 Å². The maximum atomic E-state index is 14.1. The minimum Gasteiger partial charge on any atom is -0.312 e. The molecule has 0 saturated heterocycles. The fourth-order valence-electron chi connectivity index (χ4n) is 1.99. The largest absolute Gasteiger partial charge is 0.312 e. The first kappa shape index (κ1) is 15.0. The van der Waals surface area contributed by atoms with Gasteiger partial charge in [0.1, 0.15) is 5.82 Å². The highest BCUT2D eigenvalue weighted by atomic mass is 35.5. The van der Waals surface area contributed by atoms with Gasteiger partial charge in [-0.15, -0.1) is 0 Å². The average molecular weight is 296 g/mol. The predicted octanol–water partition coefficient (Wildman–Crippen LogP) is 3.72. The second-order valence-corrected chi connectivity index (χ2v) is 5.68. The first-order valence-electron chi connectivity index (χ1n) is 6.69. The van der Waals surface area contributed by atoms with Gasteiger partial charge in [0.15, 0.2) is 0 Å². The fraction of sp³-hybridized carbons (Fsp3) is 0.400. The number of rotatable bonds is 5. The average Bonchev–Trinajstić information content (AvgIpc) is 2.71. The number of benzene rings is 1. The van der Waals surface area contributed by atoms with Crippen LogP contribution in [0.2, 0.25) is 5.02 Å². The lowest BCUT2D eigenvalue weighted by Crippen LogP contribution is -2.21. The van der Waals surface area contributed by atoms with Gasteiger partial charge in [-0.25, -0.2) is 9.07 Å². The van der Waals surface area contributed by atoms with Crippen molar-refractivity contribution in [3.8, 4) is 5.69 Å². The first-order chi connectivity index (χ1) is 9.49. The van der Waals surface area contributed by atoms with Gasteiger partial charge in [0, 0.05) is 18.3 Å². The molecule has 0 saturated carbocycles. The molecule has 0 fully saturated rings. The molecule has 0 radical (unpaired) electrons. The monoisotopic (exact) mass is 295 g/mol. The van der Waals surface area contributed by atoms with Crippen LogP contribution < -0.4 is 5.32 Å². The van der Waals surface area contributed by atoms with Gasteiger partial charge < -0.3 is 5.32 Å². The highest BCUT2D eigenvalue weighted by Gasteiger charge is 2.12. The van der Waals surface area contributed by atoms with Gasteiger partial charge in [0.2, 0.25) is 0 Å². The third kappa shape index (κ3) is 3.38. The third-order valence-electron chi connectivity index (χ3n) is 3.03. The first-order valence-corrected chi connectivity index (χ1v) is 7.07. The summed E-state index contributed by atoms with van der Waals surface area (Å²) in [6.07, 6.45) is 1.71. The molecule has 2 aromatic rings. The van der Waals surface area contributed by atoms with E-state index < -0.39 is 0 Å². The van der Waals surface area contributed by atoms with Crippen molar-refractivity contribution in [3.63, 3.8) is 0 Å². The van der Waals surface area contributed by atoms with Gasteiger partial charge >= 0.3 is 0 Å². The van der Waals surface area contributed by atoms with E-state index >= 15 is 0 Å². The van der Waals surface area contributed by atoms with E-state index in [1.807, 2.05) is 13.0 Å². The molecule has 0 aliphatic heterocycles. The molecule has 0 aliphatic carbocycles. The van der Waals surface area contributed by atoms with Crippen LogP contribution in [-0.4, -0.2) is 16.3 Å². The summed E-state index contributed by atoms with van der Waals surface area (Å²) in [6, 6.07) is 4.99. The lowest BCUT2D eigenvalue weighted by Gasteiger charge is -2.13. The second kappa shape index (κ2) is 6.37. The molecule has 0 amide bonds. The number of halogens is 2. The summed E-state index contributed by atoms with van der Waals surface area (Å²) in [6.45, 7) is 7.37. The Morgan fingerprint density at radius 2 is 2.15 bits per heavy atom. The van der Waals surface area contributed by atoms with Crippen LogP contribution >= 0.6 is 11.6 Å². The van der Waals surface area contributed by atoms with Gasteiger partial charge in [-0.1, -0.05) is 31.5 Å². The molecule has 1 N–H and O–H groups in total. The zero-order valence-electron chi connectivity index (χ0n) is 12.0. The van der Waals surface area contributed by atoms with Crippen LogP contribution in [0.15, 0.2) is 24.4 Å². The van der Waals surface area contributed by atoms with Crippen LogP contribution in [0.5, 0.6) is 0 Å². The molecule has 3 nitrogen and oxygen atoms in total. The number of aryl methyl sites for hydroxylation is 1. The second-order valence-electron chi connectivity index (χ2n) is 5.27. The summed E-state index contributed by atoms with van der Waals surface area (Å²) in [5.74, 6) is 0.287. The van der Waals surface area contributed by atoms with Gasteiger partial charge in [-0.3, -0.25) is 0 Å². The van der Waals surface area contributed by atoms with Crippen molar-refractivity contribution in [3.05, 3.63) is 46.5 Å². The molecule has 0 aliphatic rings. The smallest absolute Gasteiger partial charge is 0.129 e. The number of aromatic nitrogens is 2. The van der Waals surface area contributed by atoms with Crippen LogP contribution in [0, 0.1) is 18.7 Å². The zero-order valence-corrected chi connectivity index (χ0v) is 12.7. The van der Waals surface area contributed by atoms with Crippen molar-refractivity contribution in [1.29, 1.82) is 0 Å². The number of nitrogens with zero attached hydrogens (tertiary/aromatic N) is 2. The molecular weight excluding hydrogens is 277 g/mol. The van der Waals surface area contributed by atoms with E-state index in [1.54, 1.807) is 16.9 Å². The summed E-state index contributed by atoms with van der Waals surface area (Å²) in [4.78, 5) is 0. The standard InChI is InChI=1S/C15H19ClFN3/c1-10(2)7-18-8-12-14(17)5-4-6-15(12)20-9-13(16)11(3)19-20/h4-6,9-10,18H,7-8H2,1-3H3. The Balaban J connectivity index is 2.30. The lowest BCUT2D eigenvalue weighted by molar-refractivity contribution is 0.532. The molecule has 20 heavy (non-hydrogen) atoms. The Kier molecular flexibility index (Phi) is 4.78. The minimum atomic E-state index is -0.233. The molecule has 0 bridgehead atoms. The summed E-state index contributed by atoms with van der Waals surface area (Å²) < 4.78 is 15.7. The number of nitrogens with one attached hydrogen (secondary N) is 1. The summed E-state index contributed by atoms with van der Waals surface area (Å²) >= 11 is 6.02. The molecule has 1 aromatic carbocycles. The number of hydrogen-bond acceptors (Lipinski definition) is 2. The Hall–Kier alpha value is -1.39. The zero-order chi connectivity index (χ0) is 14.7. The quantitative estimate of drug-likeness (QED) is 0.911. The predicted molar refractivity (Wildman–Crippen MR) is 79.8 cm³/mol. The van der Waals surface area contributed by atoms with Crippen molar-refractivity contribution in [2.24, 2.45) is 5.92 Å². The van der Waals surface area contributed by atoms with E-state index in [-0.39, 0.29) is 5.82 Å². The molecule has 0 spiro atoms. The van der Waals surface area contributed by atoms with Crippen molar-refractivity contribution in [2.45, 2.75) is 27.3 Å². The van der Waals surface area contributed by atoms with Gasteiger partial charge in [0.05, 0.1) is 16.4 Å². The summed E-state index contributed by atoms with van der Waals surface area (Å²) in [5, 5.41) is 8.15. The molecule has 2 rings (SSSR count). The number of hydrogen-bond donors (Lipinski definition) is 1.